The van der Waals surface area contributed by atoms with Crippen molar-refractivity contribution in [2.24, 2.45) is 5.92 Å². The molecule has 1 saturated heterocycles. The fourth-order valence-corrected chi connectivity index (χ4v) is 4.84. The molecule has 6 heteroatoms. The Labute approximate surface area is 166 Å². The Balaban J connectivity index is 1.47. The number of fused-ring (bicyclic) bond motifs is 3. The molecule has 0 bridgehead atoms. The van der Waals surface area contributed by atoms with Crippen LogP contribution in [-0.4, -0.2) is 33.3 Å². The molecule has 28 heavy (non-hydrogen) atoms. The van der Waals surface area contributed by atoms with Crippen molar-refractivity contribution in [1.29, 1.82) is 0 Å². The molecule has 0 radical (unpaired) electrons. The molecule has 0 N–H and O–H groups in total. The second kappa shape index (κ2) is 6.71. The van der Waals surface area contributed by atoms with Gasteiger partial charge in [0.05, 0.1) is 15.9 Å². The number of carbonyl (C=O) groups excluding carboxylic acids is 1. The maximum absolute atomic E-state index is 13.2. The predicted octanol–water partition coefficient (Wildman–Crippen LogP) is 5.23. The minimum absolute atomic E-state index is 0.117. The van der Waals surface area contributed by atoms with Gasteiger partial charge in [0.2, 0.25) is 0 Å². The second-order valence-electron chi connectivity index (χ2n) is 7.54. The fourth-order valence-electron chi connectivity index (χ4n) is 3.79. The summed E-state index contributed by atoms with van der Waals surface area (Å²) in [6.07, 6.45) is 4.12. The topological polar surface area (TPSA) is 37.6 Å². The first-order chi connectivity index (χ1) is 13.6. The lowest BCUT2D eigenvalue weighted by Gasteiger charge is -2.30. The molecule has 2 aromatic carbocycles. The summed E-state index contributed by atoms with van der Waals surface area (Å²) < 4.78 is 16.2. The summed E-state index contributed by atoms with van der Waals surface area (Å²) in [7, 11) is 0. The van der Waals surface area contributed by atoms with Crippen LogP contribution >= 0.6 is 11.3 Å². The molecule has 4 aromatic rings. The number of imidazole rings is 1. The Morgan fingerprint density at radius 1 is 1.14 bits per heavy atom. The highest BCUT2D eigenvalue weighted by Gasteiger charge is 2.22. The van der Waals surface area contributed by atoms with Gasteiger partial charge in [-0.1, -0.05) is 18.3 Å². The average molecular weight is 393 g/mol. The van der Waals surface area contributed by atoms with E-state index in [9.17, 15) is 9.18 Å². The van der Waals surface area contributed by atoms with Crippen LogP contribution in [0.5, 0.6) is 0 Å². The summed E-state index contributed by atoms with van der Waals surface area (Å²) in [6, 6.07) is 12.2. The molecule has 1 amide bonds. The summed E-state index contributed by atoms with van der Waals surface area (Å²) in [4.78, 5) is 20.4. The third kappa shape index (κ3) is 2.98. The number of likely N-dealkylation sites (tertiary alicyclic amines) is 1. The van der Waals surface area contributed by atoms with Gasteiger partial charge in [-0.05, 0) is 61.2 Å². The van der Waals surface area contributed by atoms with Gasteiger partial charge >= 0.3 is 0 Å². The molecule has 1 fully saturated rings. The van der Waals surface area contributed by atoms with Gasteiger partial charge in [0.25, 0.3) is 5.91 Å². The lowest BCUT2D eigenvalue weighted by Crippen LogP contribution is -2.37. The molecule has 142 valence electrons. The summed E-state index contributed by atoms with van der Waals surface area (Å²) in [5, 5.41) is 0. The number of halogens is 1. The number of carbonyl (C=O) groups is 1. The van der Waals surface area contributed by atoms with Gasteiger partial charge < -0.3 is 4.90 Å². The van der Waals surface area contributed by atoms with E-state index < -0.39 is 0 Å². The van der Waals surface area contributed by atoms with Crippen molar-refractivity contribution in [3.8, 4) is 11.3 Å². The Kier molecular flexibility index (Phi) is 4.16. The molecule has 0 saturated carbocycles. The lowest BCUT2D eigenvalue weighted by atomic mass is 9.98. The number of amides is 1. The summed E-state index contributed by atoms with van der Waals surface area (Å²) in [5.74, 6) is 0.564. The molecule has 0 spiro atoms. The Morgan fingerprint density at radius 2 is 1.89 bits per heavy atom. The Morgan fingerprint density at radius 3 is 2.64 bits per heavy atom. The van der Waals surface area contributed by atoms with Gasteiger partial charge in [0, 0.05) is 30.4 Å². The van der Waals surface area contributed by atoms with Crippen molar-refractivity contribution in [3.63, 3.8) is 0 Å². The summed E-state index contributed by atoms with van der Waals surface area (Å²) >= 11 is 1.57. The van der Waals surface area contributed by atoms with Crippen LogP contribution in [0.15, 0.2) is 48.7 Å². The number of piperidine rings is 1. The molecule has 0 atom stereocenters. The van der Waals surface area contributed by atoms with Crippen LogP contribution in [0.1, 0.15) is 30.1 Å². The number of nitrogens with zero attached hydrogens (tertiary/aromatic N) is 3. The van der Waals surface area contributed by atoms with Gasteiger partial charge in [-0.25, -0.2) is 9.37 Å². The van der Waals surface area contributed by atoms with Crippen molar-refractivity contribution in [2.75, 3.05) is 13.1 Å². The first kappa shape index (κ1) is 17.4. The molecular weight excluding hydrogens is 373 g/mol. The van der Waals surface area contributed by atoms with Gasteiger partial charge in [-0.15, -0.1) is 0 Å². The van der Waals surface area contributed by atoms with Gasteiger partial charge in [-0.3, -0.25) is 9.20 Å². The number of rotatable bonds is 2. The van der Waals surface area contributed by atoms with Crippen molar-refractivity contribution >= 4 is 32.4 Å². The van der Waals surface area contributed by atoms with Gasteiger partial charge in [0.15, 0.2) is 4.96 Å². The van der Waals surface area contributed by atoms with E-state index in [4.69, 9.17) is 0 Å². The fraction of sp³-hybridized carbons (Fsp3) is 0.273. The van der Waals surface area contributed by atoms with E-state index in [0.717, 1.165) is 57.9 Å². The number of benzene rings is 2. The number of aromatic nitrogens is 2. The maximum atomic E-state index is 13.2. The van der Waals surface area contributed by atoms with E-state index in [1.54, 1.807) is 23.5 Å². The third-order valence-electron chi connectivity index (χ3n) is 5.55. The molecule has 0 aliphatic carbocycles. The van der Waals surface area contributed by atoms with Crippen LogP contribution in [0.2, 0.25) is 0 Å². The molecule has 4 nitrogen and oxygen atoms in total. The zero-order chi connectivity index (χ0) is 19.3. The van der Waals surface area contributed by atoms with Crippen molar-refractivity contribution < 1.29 is 9.18 Å². The normalized spacial score (nSPS) is 15.6. The first-order valence-corrected chi connectivity index (χ1v) is 10.4. The van der Waals surface area contributed by atoms with Crippen LogP contribution in [0.25, 0.3) is 26.4 Å². The van der Waals surface area contributed by atoms with E-state index >= 15 is 0 Å². The van der Waals surface area contributed by atoms with Crippen LogP contribution in [-0.2, 0) is 0 Å². The van der Waals surface area contributed by atoms with E-state index in [-0.39, 0.29) is 11.7 Å². The lowest BCUT2D eigenvalue weighted by molar-refractivity contribution is 0.0697. The summed E-state index contributed by atoms with van der Waals surface area (Å²) in [6.45, 7) is 3.93. The quantitative estimate of drug-likeness (QED) is 0.468. The molecule has 5 rings (SSSR count). The molecule has 1 aliphatic heterocycles. The summed E-state index contributed by atoms with van der Waals surface area (Å²) in [5.41, 5.74) is 3.47. The maximum Gasteiger partial charge on any atom is 0.253 e. The Hall–Kier alpha value is -2.73. The van der Waals surface area contributed by atoms with E-state index in [2.05, 4.69) is 11.9 Å². The van der Waals surface area contributed by atoms with Gasteiger partial charge in [-0.2, -0.15) is 0 Å². The zero-order valence-corrected chi connectivity index (χ0v) is 16.4. The highest BCUT2D eigenvalue weighted by Crippen LogP contribution is 2.31. The standard InChI is InChI=1S/C22H20FN3OS/c1-14-8-10-25(11-9-14)21(27)16-4-7-19-20(12-16)28-22-24-18(13-26(19)22)15-2-5-17(23)6-3-15/h2-7,12-14H,8-11H2,1H3. The number of hydrogen-bond acceptors (Lipinski definition) is 3. The average Bonchev–Trinajstić information content (AvgIpc) is 3.26. The molecule has 0 unspecified atom stereocenters. The molecule has 2 aromatic heterocycles. The molecule has 3 heterocycles. The van der Waals surface area contributed by atoms with E-state index in [1.165, 1.54) is 12.1 Å². The smallest absolute Gasteiger partial charge is 0.253 e. The SMILES string of the molecule is CC1CCN(C(=O)c2ccc3c(c2)sc2nc(-c4ccc(F)cc4)cn23)CC1. The van der Waals surface area contributed by atoms with E-state index in [1.807, 2.05) is 33.7 Å². The predicted molar refractivity (Wildman–Crippen MR) is 110 cm³/mol. The molecule has 1 aliphatic rings. The van der Waals surface area contributed by atoms with Crippen molar-refractivity contribution in [3.05, 3.63) is 60.0 Å². The molecular formula is C22H20FN3OS. The monoisotopic (exact) mass is 393 g/mol. The number of thiazole rings is 1. The van der Waals surface area contributed by atoms with Crippen LogP contribution in [0, 0.1) is 11.7 Å². The van der Waals surface area contributed by atoms with Crippen LogP contribution < -0.4 is 0 Å². The van der Waals surface area contributed by atoms with Gasteiger partial charge in [0.1, 0.15) is 5.82 Å². The minimum Gasteiger partial charge on any atom is -0.339 e. The van der Waals surface area contributed by atoms with E-state index in [0.29, 0.717) is 5.92 Å². The third-order valence-corrected chi connectivity index (χ3v) is 6.57. The number of hydrogen-bond donors (Lipinski definition) is 0. The van der Waals surface area contributed by atoms with Crippen LogP contribution in [0.3, 0.4) is 0 Å². The van der Waals surface area contributed by atoms with Crippen LogP contribution in [0.4, 0.5) is 4.39 Å². The highest BCUT2D eigenvalue weighted by atomic mass is 32.1. The zero-order valence-electron chi connectivity index (χ0n) is 15.6. The second-order valence-corrected chi connectivity index (χ2v) is 8.55. The highest BCUT2D eigenvalue weighted by molar-refractivity contribution is 7.23. The van der Waals surface area contributed by atoms with Crippen molar-refractivity contribution in [2.45, 2.75) is 19.8 Å². The van der Waals surface area contributed by atoms with Crippen molar-refractivity contribution in [1.82, 2.24) is 14.3 Å². The minimum atomic E-state index is -0.254. The largest absolute Gasteiger partial charge is 0.339 e. The first-order valence-electron chi connectivity index (χ1n) is 9.55. The Bertz CT molecular complexity index is 1170.